The van der Waals surface area contributed by atoms with E-state index in [4.69, 9.17) is 5.73 Å². The van der Waals surface area contributed by atoms with E-state index in [1.807, 2.05) is 12.1 Å². The summed E-state index contributed by atoms with van der Waals surface area (Å²) in [4.78, 5) is 0. The number of aromatic hydroxyl groups is 1. The van der Waals surface area contributed by atoms with E-state index in [9.17, 15) is 5.11 Å². The Morgan fingerprint density at radius 2 is 2.11 bits per heavy atom. The Labute approximate surface area is 109 Å². The van der Waals surface area contributed by atoms with Gasteiger partial charge in [0.25, 0.3) is 0 Å². The van der Waals surface area contributed by atoms with Crippen molar-refractivity contribution in [3.05, 3.63) is 29.3 Å². The predicted molar refractivity (Wildman–Crippen MR) is 73.7 cm³/mol. The summed E-state index contributed by atoms with van der Waals surface area (Å²) < 4.78 is 0. The van der Waals surface area contributed by atoms with E-state index < -0.39 is 0 Å². The minimum Gasteiger partial charge on any atom is -0.508 e. The van der Waals surface area contributed by atoms with Crippen molar-refractivity contribution in [1.29, 1.82) is 0 Å². The Balaban J connectivity index is 2.11. The van der Waals surface area contributed by atoms with Crippen LogP contribution in [0.3, 0.4) is 0 Å². The predicted octanol–water partition coefficient (Wildman–Crippen LogP) is 3.11. The Morgan fingerprint density at radius 1 is 1.28 bits per heavy atom. The molecule has 2 aliphatic rings. The number of hydrogen-bond acceptors (Lipinski definition) is 2. The fourth-order valence-electron chi connectivity index (χ4n) is 4.04. The molecule has 18 heavy (non-hydrogen) atoms. The molecule has 98 valence electrons. The van der Waals surface area contributed by atoms with Gasteiger partial charge < -0.3 is 10.8 Å². The zero-order valence-corrected chi connectivity index (χ0v) is 11.2. The van der Waals surface area contributed by atoms with Gasteiger partial charge in [-0.15, -0.1) is 0 Å². The van der Waals surface area contributed by atoms with Crippen LogP contribution in [0.4, 0.5) is 0 Å². The number of nitrogens with two attached hydrogens (primary N) is 1. The molecule has 2 aliphatic carbocycles. The molecule has 0 spiro atoms. The van der Waals surface area contributed by atoms with Crippen LogP contribution < -0.4 is 5.73 Å². The molecule has 1 saturated carbocycles. The standard InChI is InChI=1S/C16H23NO/c1-16-8-4-2-3-5-12(15(16)17)9-11-6-7-13(18)10-14(11)16/h6-7,10,12,15,18H,2-5,8-9,17H2,1H3/t12?,15?,16-/m0/s1. The molecule has 1 aromatic carbocycles. The molecule has 0 amide bonds. The molecule has 3 rings (SSSR count). The Kier molecular flexibility index (Phi) is 2.86. The summed E-state index contributed by atoms with van der Waals surface area (Å²) in [5.74, 6) is 0.995. The first-order valence-electron chi connectivity index (χ1n) is 7.19. The average Bonchev–Trinajstić information content (AvgIpc) is 2.35. The van der Waals surface area contributed by atoms with Crippen LogP contribution in [-0.2, 0) is 11.8 Å². The van der Waals surface area contributed by atoms with Crippen molar-refractivity contribution >= 4 is 0 Å². The first-order valence-corrected chi connectivity index (χ1v) is 7.19. The Morgan fingerprint density at radius 3 is 2.94 bits per heavy atom. The van der Waals surface area contributed by atoms with Gasteiger partial charge in [-0.3, -0.25) is 0 Å². The summed E-state index contributed by atoms with van der Waals surface area (Å²) in [6.07, 6.45) is 7.41. The highest BCUT2D eigenvalue weighted by Crippen LogP contribution is 2.46. The van der Waals surface area contributed by atoms with E-state index in [0.29, 0.717) is 11.7 Å². The number of rotatable bonds is 0. The molecule has 3 atom stereocenters. The fraction of sp³-hybridized carbons (Fsp3) is 0.625. The first kappa shape index (κ1) is 12.0. The van der Waals surface area contributed by atoms with Crippen molar-refractivity contribution in [1.82, 2.24) is 0 Å². The Hall–Kier alpha value is -1.02. The molecule has 2 unspecified atom stereocenters. The molecule has 0 aromatic heterocycles. The molecule has 1 fully saturated rings. The van der Waals surface area contributed by atoms with E-state index in [1.165, 1.54) is 36.8 Å². The van der Waals surface area contributed by atoms with Crippen LogP contribution >= 0.6 is 0 Å². The maximum atomic E-state index is 9.77. The third-order valence-electron chi connectivity index (χ3n) is 5.21. The van der Waals surface area contributed by atoms with Crippen molar-refractivity contribution in [3.63, 3.8) is 0 Å². The van der Waals surface area contributed by atoms with Gasteiger partial charge in [0, 0.05) is 11.5 Å². The summed E-state index contributed by atoms with van der Waals surface area (Å²) in [6, 6.07) is 6.11. The van der Waals surface area contributed by atoms with Gasteiger partial charge in [-0.05, 0) is 48.4 Å². The van der Waals surface area contributed by atoms with Gasteiger partial charge in [-0.2, -0.15) is 0 Å². The lowest BCUT2D eigenvalue weighted by atomic mass is 9.60. The van der Waals surface area contributed by atoms with Crippen LogP contribution in [0.5, 0.6) is 5.75 Å². The van der Waals surface area contributed by atoms with Gasteiger partial charge in [0.05, 0.1) is 0 Å². The molecular formula is C16H23NO. The second-order valence-electron chi connectivity index (χ2n) is 6.35. The normalized spacial score (nSPS) is 35.4. The lowest BCUT2D eigenvalue weighted by Gasteiger charge is -2.47. The van der Waals surface area contributed by atoms with Gasteiger partial charge >= 0.3 is 0 Å². The number of fused-ring (bicyclic) bond motifs is 4. The highest BCUT2D eigenvalue weighted by Gasteiger charge is 2.43. The van der Waals surface area contributed by atoms with E-state index in [0.717, 1.165) is 12.8 Å². The van der Waals surface area contributed by atoms with Gasteiger partial charge in [0.1, 0.15) is 5.75 Å². The molecule has 0 radical (unpaired) electrons. The number of phenols is 1. The van der Waals surface area contributed by atoms with E-state index in [1.54, 1.807) is 0 Å². The molecular weight excluding hydrogens is 222 g/mol. The van der Waals surface area contributed by atoms with Crippen LogP contribution in [0.1, 0.15) is 50.2 Å². The van der Waals surface area contributed by atoms with Crippen LogP contribution in [0.2, 0.25) is 0 Å². The maximum Gasteiger partial charge on any atom is 0.115 e. The van der Waals surface area contributed by atoms with Gasteiger partial charge in [-0.25, -0.2) is 0 Å². The van der Waals surface area contributed by atoms with Crippen molar-refractivity contribution < 1.29 is 5.11 Å². The SMILES string of the molecule is C[C@]12CCCCCC(Cc3ccc(O)cc31)C2N. The maximum absolute atomic E-state index is 9.77. The third-order valence-corrected chi connectivity index (χ3v) is 5.21. The van der Waals surface area contributed by atoms with Crippen LogP contribution in [0.15, 0.2) is 18.2 Å². The fourth-order valence-corrected chi connectivity index (χ4v) is 4.04. The average molecular weight is 245 g/mol. The second kappa shape index (κ2) is 4.27. The number of hydrogen-bond donors (Lipinski definition) is 2. The molecule has 0 heterocycles. The highest BCUT2D eigenvalue weighted by atomic mass is 16.3. The monoisotopic (exact) mass is 245 g/mol. The molecule has 3 N–H and O–H groups in total. The van der Waals surface area contributed by atoms with Crippen LogP contribution in [-0.4, -0.2) is 11.1 Å². The molecule has 0 saturated heterocycles. The minimum absolute atomic E-state index is 0.0530. The first-order chi connectivity index (χ1) is 8.61. The summed E-state index contributed by atoms with van der Waals surface area (Å²) in [5.41, 5.74) is 9.33. The van der Waals surface area contributed by atoms with Crippen molar-refractivity contribution in [3.8, 4) is 5.75 Å². The van der Waals surface area contributed by atoms with Crippen LogP contribution in [0.25, 0.3) is 0 Å². The lowest BCUT2D eigenvalue weighted by Crippen LogP contribution is -2.52. The van der Waals surface area contributed by atoms with Crippen molar-refractivity contribution in [2.75, 3.05) is 0 Å². The summed E-state index contributed by atoms with van der Waals surface area (Å²) in [7, 11) is 0. The molecule has 0 aliphatic heterocycles. The third kappa shape index (κ3) is 1.74. The molecule has 1 aromatic rings. The minimum atomic E-state index is 0.0530. The van der Waals surface area contributed by atoms with E-state index in [2.05, 4.69) is 13.0 Å². The van der Waals surface area contributed by atoms with E-state index >= 15 is 0 Å². The Bertz CT molecular complexity index is 456. The smallest absolute Gasteiger partial charge is 0.115 e. The van der Waals surface area contributed by atoms with Crippen molar-refractivity contribution in [2.24, 2.45) is 11.7 Å². The molecule has 2 nitrogen and oxygen atoms in total. The summed E-state index contributed by atoms with van der Waals surface area (Å²) >= 11 is 0. The van der Waals surface area contributed by atoms with Gasteiger partial charge in [0.2, 0.25) is 0 Å². The zero-order chi connectivity index (χ0) is 12.8. The second-order valence-corrected chi connectivity index (χ2v) is 6.35. The molecule has 2 bridgehead atoms. The number of phenolic OH excluding ortho intramolecular Hbond substituents is 1. The van der Waals surface area contributed by atoms with Crippen molar-refractivity contribution in [2.45, 2.75) is 56.9 Å². The largest absolute Gasteiger partial charge is 0.508 e. The molecule has 2 heteroatoms. The summed E-state index contributed by atoms with van der Waals surface area (Å²) in [5, 5.41) is 9.77. The highest BCUT2D eigenvalue weighted by molar-refractivity contribution is 5.43. The topological polar surface area (TPSA) is 46.2 Å². The zero-order valence-electron chi connectivity index (χ0n) is 11.2. The lowest BCUT2D eigenvalue weighted by molar-refractivity contribution is 0.201. The number of benzene rings is 1. The van der Waals surface area contributed by atoms with Gasteiger partial charge in [-0.1, -0.05) is 32.3 Å². The van der Waals surface area contributed by atoms with E-state index in [-0.39, 0.29) is 11.5 Å². The van der Waals surface area contributed by atoms with Gasteiger partial charge in [0.15, 0.2) is 0 Å². The summed E-state index contributed by atoms with van der Waals surface area (Å²) in [6.45, 7) is 2.30. The quantitative estimate of drug-likeness (QED) is 0.737. The van der Waals surface area contributed by atoms with Crippen LogP contribution in [0, 0.1) is 5.92 Å².